The molecule has 4 heterocycles. The molecule has 2 aromatic heterocycles. The Balaban J connectivity index is 1.34. The molecule has 3 aromatic rings. The Labute approximate surface area is 157 Å². The summed E-state index contributed by atoms with van der Waals surface area (Å²) < 4.78 is 4.69. The average Bonchev–Trinajstić information content (AvgIpc) is 3.42. The lowest BCUT2D eigenvalue weighted by Gasteiger charge is -2.35. The monoisotopic (exact) mass is 365 g/mol. The summed E-state index contributed by atoms with van der Waals surface area (Å²) in [6.45, 7) is 6.94. The van der Waals surface area contributed by atoms with Gasteiger partial charge >= 0.3 is 0 Å². The topological polar surface area (TPSA) is 74.4 Å². The fraction of sp³-hybridized carbons (Fsp3) is 0.474. The van der Waals surface area contributed by atoms with Gasteiger partial charge in [-0.15, -0.1) is 0 Å². The minimum Gasteiger partial charge on any atom is -0.369 e. The molecule has 8 heteroatoms. The van der Waals surface area contributed by atoms with E-state index in [1.165, 1.54) is 18.5 Å². The van der Waals surface area contributed by atoms with Crippen LogP contribution in [-0.2, 0) is 6.54 Å². The van der Waals surface area contributed by atoms with Gasteiger partial charge in [0.05, 0.1) is 11.7 Å². The fourth-order valence-corrected chi connectivity index (χ4v) is 4.06. The lowest BCUT2D eigenvalue weighted by Crippen LogP contribution is -2.46. The summed E-state index contributed by atoms with van der Waals surface area (Å²) in [5.74, 6) is 1.08. The minimum atomic E-state index is 0.794. The first-order valence-electron chi connectivity index (χ1n) is 9.60. The Bertz CT molecular complexity index is 900. The van der Waals surface area contributed by atoms with Crippen LogP contribution in [0.25, 0.3) is 10.9 Å². The van der Waals surface area contributed by atoms with Gasteiger partial charge < -0.3 is 9.80 Å². The van der Waals surface area contributed by atoms with Crippen molar-refractivity contribution in [3.63, 3.8) is 0 Å². The SMILES string of the molecule is c1nc(N2CCCC2)c2cc(N3CCN(Cc4cnon4)CC3)ccc2n1. The van der Waals surface area contributed by atoms with Gasteiger partial charge in [-0.3, -0.25) is 4.90 Å². The molecule has 1 aromatic carbocycles. The highest BCUT2D eigenvalue weighted by Crippen LogP contribution is 2.30. The van der Waals surface area contributed by atoms with Gasteiger partial charge in [0, 0.05) is 56.9 Å². The molecule has 0 aliphatic carbocycles. The summed E-state index contributed by atoms with van der Waals surface area (Å²) in [6, 6.07) is 6.57. The molecule has 0 unspecified atom stereocenters. The van der Waals surface area contributed by atoms with Gasteiger partial charge in [-0.1, -0.05) is 10.3 Å². The number of rotatable bonds is 4. The van der Waals surface area contributed by atoms with Gasteiger partial charge in [0.15, 0.2) is 0 Å². The molecule has 0 amide bonds. The third-order valence-corrected chi connectivity index (χ3v) is 5.53. The third-order valence-electron chi connectivity index (χ3n) is 5.53. The molecule has 2 aliphatic rings. The van der Waals surface area contributed by atoms with E-state index >= 15 is 0 Å². The van der Waals surface area contributed by atoms with Crippen molar-refractivity contribution in [2.75, 3.05) is 49.1 Å². The number of piperazine rings is 1. The predicted molar refractivity (Wildman–Crippen MR) is 103 cm³/mol. The first-order chi connectivity index (χ1) is 13.4. The summed E-state index contributed by atoms with van der Waals surface area (Å²) in [4.78, 5) is 16.3. The second-order valence-electron chi connectivity index (χ2n) is 7.25. The van der Waals surface area contributed by atoms with Crippen LogP contribution in [0.15, 0.2) is 35.4 Å². The molecule has 140 valence electrons. The van der Waals surface area contributed by atoms with Crippen molar-refractivity contribution in [2.24, 2.45) is 0 Å². The average molecular weight is 365 g/mol. The molecule has 27 heavy (non-hydrogen) atoms. The van der Waals surface area contributed by atoms with Gasteiger partial charge in [-0.25, -0.2) is 14.6 Å². The van der Waals surface area contributed by atoms with Crippen LogP contribution < -0.4 is 9.80 Å². The smallest absolute Gasteiger partial charge is 0.139 e. The lowest BCUT2D eigenvalue weighted by molar-refractivity contribution is 0.237. The van der Waals surface area contributed by atoms with E-state index in [9.17, 15) is 0 Å². The maximum absolute atomic E-state index is 4.69. The summed E-state index contributed by atoms with van der Waals surface area (Å²) in [5.41, 5.74) is 3.16. The lowest BCUT2D eigenvalue weighted by atomic mass is 10.1. The number of aromatic nitrogens is 4. The van der Waals surface area contributed by atoms with E-state index in [0.29, 0.717) is 0 Å². The van der Waals surface area contributed by atoms with Crippen molar-refractivity contribution in [1.82, 2.24) is 25.2 Å². The van der Waals surface area contributed by atoms with E-state index in [1.54, 1.807) is 12.5 Å². The molecule has 0 bridgehead atoms. The van der Waals surface area contributed by atoms with Crippen molar-refractivity contribution in [1.29, 1.82) is 0 Å². The van der Waals surface area contributed by atoms with Crippen molar-refractivity contribution in [2.45, 2.75) is 19.4 Å². The van der Waals surface area contributed by atoms with Gasteiger partial charge in [0.25, 0.3) is 0 Å². The Morgan fingerprint density at radius 2 is 1.78 bits per heavy atom. The number of fused-ring (bicyclic) bond motifs is 1. The highest BCUT2D eigenvalue weighted by atomic mass is 16.6. The number of hydrogen-bond donors (Lipinski definition) is 0. The number of hydrogen-bond acceptors (Lipinski definition) is 8. The van der Waals surface area contributed by atoms with Crippen LogP contribution in [0.3, 0.4) is 0 Å². The van der Waals surface area contributed by atoms with E-state index in [1.807, 2.05) is 0 Å². The van der Waals surface area contributed by atoms with Crippen molar-refractivity contribution in [3.05, 3.63) is 36.4 Å². The van der Waals surface area contributed by atoms with Crippen LogP contribution in [0.1, 0.15) is 18.5 Å². The second-order valence-corrected chi connectivity index (χ2v) is 7.25. The first kappa shape index (κ1) is 16.4. The normalized spacial score (nSPS) is 18.5. The Morgan fingerprint density at radius 3 is 2.56 bits per heavy atom. The number of nitrogens with zero attached hydrogens (tertiary/aromatic N) is 7. The molecule has 0 spiro atoms. The van der Waals surface area contributed by atoms with Gasteiger partial charge in [0.1, 0.15) is 17.8 Å². The van der Waals surface area contributed by atoms with Crippen molar-refractivity contribution >= 4 is 22.4 Å². The van der Waals surface area contributed by atoms with Crippen molar-refractivity contribution < 1.29 is 4.63 Å². The predicted octanol–water partition coefficient (Wildman–Crippen LogP) is 1.94. The molecular formula is C19H23N7O. The van der Waals surface area contributed by atoms with Gasteiger partial charge in [0.2, 0.25) is 0 Å². The maximum atomic E-state index is 4.69. The van der Waals surface area contributed by atoms with E-state index in [0.717, 1.165) is 68.2 Å². The van der Waals surface area contributed by atoms with E-state index in [2.05, 4.69) is 57.8 Å². The first-order valence-corrected chi connectivity index (χ1v) is 9.60. The zero-order valence-corrected chi connectivity index (χ0v) is 15.3. The second kappa shape index (κ2) is 7.11. The van der Waals surface area contributed by atoms with Crippen LogP contribution in [0.2, 0.25) is 0 Å². The molecular weight excluding hydrogens is 342 g/mol. The summed E-state index contributed by atoms with van der Waals surface area (Å²) >= 11 is 0. The highest BCUT2D eigenvalue weighted by Gasteiger charge is 2.20. The largest absolute Gasteiger partial charge is 0.369 e. The highest BCUT2D eigenvalue weighted by molar-refractivity contribution is 5.92. The molecule has 2 saturated heterocycles. The molecule has 0 saturated carbocycles. The molecule has 8 nitrogen and oxygen atoms in total. The zero-order valence-electron chi connectivity index (χ0n) is 15.3. The van der Waals surface area contributed by atoms with Gasteiger partial charge in [-0.05, 0) is 31.0 Å². The molecule has 0 radical (unpaired) electrons. The van der Waals surface area contributed by atoms with E-state index in [-0.39, 0.29) is 0 Å². The van der Waals surface area contributed by atoms with Crippen molar-refractivity contribution in [3.8, 4) is 0 Å². The minimum absolute atomic E-state index is 0.794. The molecule has 2 fully saturated rings. The van der Waals surface area contributed by atoms with Crippen LogP contribution in [0.5, 0.6) is 0 Å². The summed E-state index contributed by atoms with van der Waals surface area (Å²) in [5, 5.41) is 8.75. The molecule has 2 aliphatic heterocycles. The third kappa shape index (κ3) is 3.32. The number of benzene rings is 1. The zero-order chi connectivity index (χ0) is 18.1. The molecule has 0 N–H and O–H groups in total. The summed E-state index contributed by atoms with van der Waals surface area (Å²) in [7, 11) is 0. The van der Waals surface area contributed by atoms with Crippen LogP contribution in [0, 0.1) is 0 Å². The van der Waals surface area contributed by atoms with Gasteiger partial charge in [-0.2, -0.15) is 0 Å². The maximum Gasteiger partial charge on any atom is 0.139 e. The van der Waals surface area contributed by atoms with E-state index in [4.69, 9.17) is 0 Å². The van der Waals surface area contributed by atoms with Crippen LogP contribution >= 0.6 is 0 Å². The molecule has 0 atom stereocenters. The number of anilines is 2. The molecule has 5 rings (SSSR count). The van der Waals surface area contributed by atoms with Crippen LogP contribution in [0.4, 0.5) is 11.5 Å². The quantitative estimate of drug-likeness (QED) is 0.694. The standard InChI is InChI=1S/C19H23N7O/c1-2-6-26(5-1)19-17-11-16(3-4-18(17)20-14-21-19)25-9-7-24(8-10-25)13-15-12-22-27-23-15/h3-4,11-12,14H,1-2,5-10,13H2. The summed E-state index contributed by atoms with van der Waals surface area (Å²) in [6.07, 6.45) is 5.87. The Kier molecular flexibility index (Phi) is 4.33. The Hall–Kier alpha value is -2.74. The van der Waals surface area contributed by atoms with E-state index < -0.39 is 0 Å². The van der Waals surface area contributed by atoms with Crippen LogP contribution in [-0.4, -0.2) is 64.4 Å². The Morgan fingerprint density at radius 1 is 0.926 bits per heavy atom. The fourth-order valence-electron chi connectivity index (χ4n) is 4.06.